The molecule has 0 radical (unpaired) electrons. The number of thioether (sulfide) groups is 1. The predicted octanol–water partition coefficient (Wildman–Crippen LogP) is 3.25. The van der Waals surface area contributed by atoms with Gasteiger partial charge >= 0.3 is 11.4 Å². The van der Waals surface area contributed by atoms with Crippen molar-refractivity contribution in [2.45, 2.75) is 19.5 Å². The standard InChI is InChI=1S/C29H31FN6O3S/c1-39-25-10-6-22(7-11-25)19-35-27(33-28(37)36(29(35)38)20-21-4-8-24(30)9-5-21)32-14-12-23-3-2-13-31-26(23)34-15-17-40-18-16-34/h2-11,13H,12,14-20H2,1H3,(H,32,33,37). The number of benzene rings is 2. The van der Waals surface area contributed by atoms with Crippen LogP contribution in [0.3, 0.4) is 0 Å². The van der Waals surface area contributed by atoms with Crippen LogP contribution in [-0.4, -0.2) is 57.4 Å². The highest BCUT2D eigenvalue weighted by Gasteiger charge is 2.17. The molecule has 3 heterocycles. The van der Waals surface area contributed by atoms with Crippen LogP contribution in [0.5, 0.6) is 5.75 Å². The molecule has 2 aromatic carbocycles. The van der Waals surface area contributed by atoms with E-state index < -0.39 is 11.4 Å². The van der Waals surface area contributed by atoms with Crippen molar-refractivity contribution in [1.29, 1.82) is 0 Å². The Morgan fingerprint density at radius 1 is 0.950 bits per heavy atom. The molecule has 208 valence electrons. The number of methoxy groups -OCH3 is 1. The molecule has 11 heteroatoms. The van der Waals surface area contributed by atoms with Crippen LogP contribution >= 0.6 is 11.8 Å². The van der Waals surface area contributed by atoms with Crippen LogP contribution in [0.4, 0.5) is 16.2 Å². The van der Waals surface area contributed by atoms with Gasteiger partial charge in [0.05, 0.1) is 20.2 Å². The van der Waals surface area contributed by atoms with E-state index >= 15 is 0 Å². The zero-order valence-corrected chi connectivity index (χ0v) is 23.1. The molecular weight excluding hydrogens is 531 g/mol. The molecule has 1 saturated heterocycles. The van der Waals surface area contributed by atoms with E-state index in [1.54, 1.807) is 19.2 Å². The lowest BCUT2D eigenvalue weighted by molar-refractivity contribution is 0.414. The Bertz CT molecular complexity index is 1550. The Balaban J connectivity index is 1.41. The summed E-state index contributed by atoms with van der Waals surface area (Å²) in [5.41, 5.74) is 1.39. The summed E-state index contributed by atoms with van der Waals surface area (Å²) in [5.74, 6) is 3.63. The van der Waals surface area contributed by atoms with Crippen LogP contribution in [0.15, 0.2) is 76.4 Å². The van der Waals surface area contributed by atoms with Gasteiger partial charge in [0, 0.05) is 37.3 Å². The number of halogens is 1. The first kappa shape index (κ1) is 27.4. The molecule has 0 amide bonds. The predicted molar refractivity (Wildman–Crippen MR) is 156 cm³/mol. The SMILES string of the molecule is COc1ccc(Cn2c(NCCc3cccnc3N3CCSCC3)nc(=O)n(Cc3ccc(F)cc3)c2=O)cc1. The molecule has 0 saturated carbocycles. The summed E-state index contributed by atoms with van der Waals surface area (Å²) >= 11 is 1.95. The second-order valence-corrected chi connectivity index (χ2v) is 10.6. The highest BCUT2D eigenvalue weighted by Crippen LogP contribution is 2.22. The Labute approximate surface area is 235 Å². The first-order valence-corrected chi connectivity index (χ1v) is 14.3. The number of hydrogen-bond acceptors (Lipinski definition) is 8. The zero-order valence-electron chi connectivity index (χ0n) is 22.3. The molecule has 0 spiro atoms. The van der Waals surface area contributed by atoms with Crippen molar-refractivity contribution in [1.82, 2.24) is 19.1 Å². The minimum absolute atomic E-state index is 0.0129. The normalized spacial score (nSPS) is 13.3. The van der Waals surface area contributed by atoms with E-state index in [0.717, 1.165) is 46.1 Å². The van der Waals surface area contributed by atoms with E-state index in [0.29, 0.717) is 24.3 Å². The van der Waals surface area contributed by atoms with Crippen LogP contribution in [0.1, 0.15) is 16.7 Å². The van der Waals surface area contributed by atoms with Crippen LogP contribution < -0.4 is 26.3 Å². The number of nitrogens with one attached hydrogen (secondary N) is 1. The maximum atomic E-state index is 13.6. The summed E-state index contributed by atoms with van der Waals surface area (Å²) in [4.78, 5) is 37.8. The number of rotatable bonds is 10. The summed E-state index contributed by atoms with van der Waals surface area (Å²) in [6.07, 6.45) is 2.45. The molecule has 40 heavy (non-hydrogen) atoms. The maximum Gasteiger partial charge on any atom is 0.355 e. The fourth-order valence-electron chi connectivity index (χ4n) is 4.62. The molecule has 0 bridgehead atoms. The van der Waals surface area contributed by atoms with Gasteiger partial charge in [-0.3, -0.25) is 4.57 Å². The van der Waals surface area contributed by atoms with Gasteiger partial charge in [0.2, 0.25) is 5.95 Å². The van der Waals surface area contributed by atoms with Gasteiger partial charge in [0.15, 0.2) is 0 Å². The largest absolute Gasteiger partial charge is 0.497 e. The van der Waals surface area contributed by atoms with Gasteiger partial charge in [0.1, 0.15) is 17.4 Å². The fourth-order valence-corrected chi connectivity index (χ4v) is 5.53. The summed E-state index contributed by atoms with van der Waals surface area (Å²) < 4.78 is 21.2. The van der Waals surface area contributed by atoms with Crippen molar-refractivity contribution in [2.75, 3.05) is 48.5 Å². The van der Waals surface area contributed by atoms with Crippen molar-refractivity contribution in [3.8, 4) is 5.75 Å². The van der Waals surface area contributed by atoms with Crippen LogP contribution in [0, 0.1) is 5.82 Å². The fraction of sp³-hybridized carbons (Fsp3) is 0.310. The van der Waals surface area contributed by atoms with Crippen molar-refractivity contribution >= 4 is 23.5 Å². The monoisotopic (exact) mass is 562 g/mol. The zero-order chi connectivity index (χ0) is 27.9. The summed E-state index contributed by atoms with van der Waals surface area (Å²) in [6, 6.07) is 17.0. The van der Waals surface area contributed by atoms with Gasteiger partial charge in [0.25, 0.3) is 0 Å². The van der Waals surface area contributed by atoms with Gasteiger partial charge in [-0.25, -0.2) is 23.5 Å². The lowest BCUT2D eigenvalue weighted by Crippen LogP contribution is -2.43. The minimum Gasteiger partial charge on any atom is -0.497 e. The molecule has 0 atom stereocenters. The Morgan fingerprint density at radius 3 is 2.33 bits per heavy atom. The number of ether oxygens (including phenoxy) is 1. The van der Waals surface area contributed by atoms with Crippen LogP contribution in [0.2, 0.25) is 0 Å². The number of pyridine rings is 1. The van der Waals surface area contributed by atoms with E-state index in [2.05, 4.69) is 26.3 Å². The lowest BCUT2D eigenvalue weighted by atomic mass is 10.1. The third-order valence-corrected chi connectivity index (χ3v) is 7.70. The Morgan fingerprint density at radius 2 is 1.62 bits per heavy atom. The third-order valence-electron chi connectivity index (χ3n) is 6.76. The Hall–Kier alpha value is -4.12. The molecule has 1 N–H and O–H groups in total. The highest BCUT2D eigenvalue weighted by molar-refractivity contribution is 7.99. The summed E-state index contributed by atoms with van der Waals surface area (Å²) in [7, 11) is 1.59. The quantitative estimate of drug-likeness (QED) is 0.315. The van der Waals surface area contributed by atoms with E-state index in [1.165, 1.54) is 16.7 Å². The van der Waals surface area contributed by atoms with Gasteiger partial charge in [-0.1, -0.05) is 30.3 Å². The molecule has 0 unspecified atom stereocenters. The molecule has 9 nitrogen and oxygen atoms in total. The summed E-state index contributed by atoms with van der Waals surface area (Å²) in [5, 5.41) is 3.23. The van der Waals surface area contributed by atoms with Crippen molar-refractivity contribution in [2.24, 2.45) is 0 Å². The van der Waals surface area contributed by atoms with E-state index in [1.807, 2.05) is 48.3 Å². The Kier molecular flexibility index (Phi) is 8.80. The average molecular weight is 563 g/mol. The van der Waals surface area contributed by atoms with Crippen LogP contribution in [0.25, 0.3) is 0 Å². The highest BCUT2D eigenvalue weighted by atomic mass is 32.2. The topological polar surface area (TPSA) is 94.3 Å². The van der Waals surface area contributed by atoms with Crippen LogP contribution in [-0.2, 0) is 19.5 Å². The van der Waals surface area contributed by atoms with E-state index in [4.69, 9.17) is 4.74 Å². The van der Waals surface area contributed by atoms with Gasteiger partial charge in [-0.15, -0.1) is 0 Å². The van der Waals surface area contributed by atoms with E-state index in [-0.39, 0.29) is 24.9 Å². The van der Waals surface area contributed by atoms with Gasteiger partial charge < -0.3 is 15.0 Å². The molecular formula is C29H31FN6O3S. The smallest absolute Gasteiger partial charge is 0.355 e. The second-order valence-electron chi connectivity index (χ2n) is 9.41. The molecule has 1 aliphatic heterocycles. The number of aromatic nitrogens is 4. The molecule has 0 aliphatic carbocycles. The minimum atomic E-state index is -0.671. The first-order chi connectivity index (χ1) is 19.5. The molecule has 5 rings (SSSR count). The lowest BCUT2D eigenvalue weighted by Gasteiger charge is -2.29. The van der Waals surface area contributed by atoms with Crippen molar-refractivity contribution in [3.05, 3.63) is 110 Å². The first-order valence-electron chi connectivity index (χ1n) is 13.1. The number of hydrogen-bond donors (Lipinski definition) is 1. The molecule has 1 aliphatic rings. The summed E-state index contributed by atoms with van der Waals surface area (Å²) in [6.45, 7) is 2.55. The third kappa shape index (κ3) is 6.53. The average Bonchev–Trinajstić information content (AvgIpc) is 2.99. The number of anilines is 2. The van der Waals surface area contributed by atoms with E-state index in [9.17, 15) is 14.0 Å². The maximum absolute atomic E-state index is 13.6. The molecule has 1 fully saturated rings. The van der Waals surface area contributed by atoms with Crippen molar-refractivity contribution in [3.63, 3.8) is 0 Å². The van der Waals surface area contributed by atoms with Crippen molar-refractivity contribution < 1.29 is 9.13 Å². The molecule has 2 aromatic heterocycles. The number of nitrogens with zero attached hydrogens (tertiary/aromatic N) is 5. The van der Waals surface area contributed by atoms with Gasteiger partial charge in [-0.2, -0.15) is 16.7 Å². The molecule has 4 aromatic rings. The van der Waals surface area contributed by atoms with Gasteiger partial charge in [-0.05, 0) is 53.4 Å². The second kappa shape index (κ2) is 12.8.